The highest BCUT2D eigenvalue weighted by atomic mass is 16.3. The SMILES string of the molecule is CCC(CC)n1ccc(Cn2cc(C(C)O)cn2)n1. The molecule has 0 saturated carbocycles. The van der Waals surface area contributed by atoms with Crippen molar-refractivity contribution in [1.82, 2.24) is 19.6 Å². The number of aromatic nitrogens is 4. The fraction of sp³-hybridized carbons (Fsp3) is 0.571. The van der Waals surface area contributed by atoms with E-state index in [4.69, 9.17) is 0 Å². The van der Waals surface area contributed by atoms with Gasteiger partial charge in [0.2, 0.25) is 0 Å². The molecule has 1 unspecified atom stereocenters. The number of rotatable bonds is 6. The average molecular weight is 262 g/mol. The van der Waals surface area contributed by atoms with Crippen molar-refractivity contribution in [2.24, 2.45) is 0 Å². The molecule has 2 aromatic rings. The molecular formula is C14H22N4O. The molecule has 1 N–H and O–H groups in total. The molecule has 2 aromatic heterocycles. The maximum absolute atomic E-state index is 9.47. The highest BCUT2D eigenvalue weighted by molar-refractivity contribution is 5.08. The molecule has 0 aliphatic heterocycles. The van der Waals surface area contributed by atoms with Crippen LogP contribution in [-0.2, 0) is 6.54 Å². The lowest BCUT2D eigenvalue weighted by atomic mass is 10.2. The smallest absolute Gasteiger partial charge is 0.0849 e. The molecule has 0 saturated heterocycles. The van der Waals surface area contributed by atoms with Crippen LogP contribution in [0.3, 0.4) is 0 Å². The van der Waals surface area contributed by atoms with Crippen LogP contribution in [0, 0.1) is 0 Å². The number of hydrogen-bond donors (Lipinski definition) is 1. The fourth-order valence-electron chi connectivity index (χ4n) is 2.18. The van der Waals surface area contributed by atoms with Gasteiger partial charge in [-0.25, -0.2) is 0 Å². The first-order valence-corrected chi connectivity index (χ1v) is 6.88. The largest absolute Gasteiger partial charge is 0.389 e. The summed E-state index contributed by atoms with van der Waals surface area (Å²) in [6.45, 7) is 6.74. The minimum atomic E-state index is -0.476. The van der Waals surface area contributed by atoms with E-state index in [9.17, 15) is 5.11 Å². The third kappa shape index (κ3) is 3.23. The highest BCUT2D eigenvalue weighted by Crippen LogP contribution is 2.15. The van der Waals surface area contributed by atoms with Crippen LogP contribution in [0.2, 0.25) is 0 Å². The Morgan fingerprint density at radius 2 is 2.05 bits per heavy atom. The topological polar surface area (TPSA) is 55.9 Å². The van der Waals surface area contributed by atoms with Gasteiger partial charge in [-0.15, -0.1) is 0 Å². The van der Waals surface area contributed by atoms with Crippen molar-refractivity contribution < 1.29 is 5.11 Å². The molecule has 0 bridgehead atoms. The van der Waals surface area contributed by atoms with Gasteiger partial charge in [0.15, 0.2) is 0 Å². The summed E-state index contributed by atoms with van der Waals surface area (Å²) in [6.07, 6.45) is 7.29. The first-order chi connectivity index (χ1) is 9.13. The summed E-state index contributed by atoms with van der Waals surface area (Å²) in [5, 5.41) is 18.3. The summed E-state index contributed by atoms with van der Waals surface area (Å²) < 4.78 is 3.84. The van der Waals surface area contributed by atoms with Crippen molar-refractivity contribution in [2.75, 3.05) is 0 Å². The van der Waals surface area contributed by atoms with Crippen LogP contribution in [-0.4, -0.2) is 24.7 Å². The van der Waals surface area contributed by atoms with E-state index in [1.807, 2.05) is 27.8 Å². The van der Waals surface area contributed by atoms with Crippen molar-refractivity contribution in [1.29, 1.82) is 0 Å². The zero-order chi connectivity index (χ0) is 13.8. The Morgan fingerprint density at radius 1 is 1.32 bits per heavy atom. The second kappa shape index (κ2) is 6.02. The van der Waals surface area contributed by atoms with Crippen LogP contribution >= 0.6 is 0 Å². The third-order valence-electron chi connectivity index (χ3n) is 3.44. The molecule has 5 heteroatoms. The zero-order valence-corrected chi connectivity index (χ0v) is 11.8. The lowest BCUT2D eigenvalue weighted by Crippen LogP contribution is -2.09. The Hall–Kier alpha value is -1.62. The summed E-state index contributed by atoms with van der Waals surface area (Å²) in [4.78, 5) is 0. The molecule has 0 fully saturated rings. The summed E-state index contributed by atoms with van der Waals surface area (Å²) >= 11 is 0. The highest BCUT2D eigenvalue weighted by Gasteiger charge is 2.09. The molecule has 0 spiro atoms. The van der Waals surface area contributed by atoms with Gasteiger partial charge in [0.25, 0.3) is 0 Å². The first kappa shape index (κ1) is 13.8. The molecular weight excluding hydrogens is 240 g/mol. The van der Waals surface area contributed by atoms with E-state index >= 15 is 0 Å². The molecule has 0 radical (unpaired) electrons. The predicted molar refractivity (Wildman–Crippen MR) is 73.8 cm³/mol. The van der Waals surface area contributed by atoms with Crippen molar-refractivity contribution in [3.05, 3.63) is 35.9 Å². The van der Waals surface area contributed by atoms with E-state index in [1.165, 1.54) is 0 Å². The van der Waals surface area contributed by atoms with E-state index in [-0.39, 0.29) is 0 Å². The van der Waals surface area contributed by atoms with E-state index < -0.39 is 6.10 Å². The third-order valence-corrected chi connectivity index (χ3v) is 3.44. The molecule has 0 aliphatic rings. The number of nitrogens with zero attached hydrogens (tertiary/aromatic N) is 4. The van der Waals surface area contributed by atoms with E-state index in [0.29, 0.717) is 12.6 Å². The fourth-order valence-corrected chi connectivity index (χ4v) is 2.18. The summed E-state index contributed by atoms with van der Waals surface area (Å²) in [5.41, 5.74) is 1.83. The van der Waals surface area contributed by atoms with Gasteiger partial charge in [-0.3, -0.25) is 9.36 Å². The number of aliphatic hydroxyl groups is 1. The van der Waals surface area contributed by atoms with Crippen LogP contribution in [0.15, 0.2) is 24.7 Å². The number of hydrogen-bond acceptors (Lipinski definition) is 3. The van der Waals surface area contributed by atoms with Gasteiger partial charge >= 0.3 is 0 Å². The van der Waals surface area contributed by atoms with E-state index in [0.717, 1.165) is 24.1 Å². The number of aliphatic hydroxyl groups excluding tert-OH is 1. The molecule has 2 rings (SSSR count). The summed E-state index contributed by atoms with van der Waals surface area (Å²) in [7, 11) is 0. The van der Waals surface area contributed by atoms with Crippen molar-refractivity contribution in [3.63, 3.8) is 0 Å². The Kier molecular flexibility index (Phi) is 4.37. The van der Waals surface area contributed by atoms with E-state index in [1.54, 1.807) is 13.1 Å². The molecule has 104 valence electrons. The van der Waals surface area contributed by atoms with Crippen LogP contribution in [0.5, 0.6) is 0 Å². The average Bonchev–Trinajstić information content (AvgIpc) is 3.01. The van der Waals surface area contributed by atoms with Crippen molar-refractivity contribution >= 4 is 0 Å². The van der Waals surface area contributed by atoms with Crippen molar-refractivity contribution in [2.45, 2.75) is 52.3 Å². The monoisotopic (exact) mass is 262 g/mol. The van der Waals surface area contributed by atoms with Crippen molar-refractivity contribution in [3.8, 4) is 0 Å². The molecule has 2 heterocycles. The van der Waals surface area contributed by atoms with Gasteiger partial charge < -0.3 is 5.11 Å². The molecule has 0 amide bonds. The van der Waals surface area contributed by atoms with Gasteiger partial charge in [-0.2, -0.15) is 10.2 Å². The second-order valence-electron chi connectivity index (χ2n) is 4.90. The minimum absolute atomic E-state index is 0.472. The Bertz CT molecular complexity index is 511. The van der Waals surface area contributed by atoms with Gasteiger partial charge in [-0.05, 0) is 25.8 Å². The second-order valence-corrected chi connectivity index (χ2v) is 4.90. The molecule has 0 aliphatic carbocycles. The predicted octanol–water partition coefficient (Wildman–Crippen LogP) is 2.54. The van der Waals surface area contributed by atoms with Crippen LogP contribution in [0.25, 0.3) is 0 Å². The lowest BCUT2D eigenvalue weighted by Gasteiger charge is -2.12. The zero-order valence-electron chi connectivity index (χ0n) is 11.8. The van der Waals surface area contributed by atoms with Gasteiger partial charge in [0.05, 0.1) is 30.6 Å². The Labute approximate surface area is 113 Å². The first-order valence-electron chi connectivity index (χ1n) is 6.88. The van der Waals surface area contributed by atoms with Gasteiger partial charge in [0.1, 0.15) is 0 Å². The Morgan fingerprint density at radius 3 is 2.63 bits per heavy atom. The lowest BCUT2D eigenvalue weighted by molar-refractivity contribution is 0.199. The minimum Gasteiger partial charge on any atom is -0.389 e. The Balaban J connectivity index is 2.06. The molecule has 5 nitrogen and oxygen atoms in total. The van der Waals surface area contributed by atoms with Crippen LogP contribution in [0.4, 0.5) is 0 Å². The maximum Gasteiger partial charge on any atom is 0.0849 e. The summed E-state index contributed by atoms with van der Waals surface area (Å²) in [6, 6.07) is 2.50. The van der Waals surface area contributed by atoms with Gasteiger partial charge in [-0.1, -0.05) is 13.8 Å². The van der Waals surface area contributed by atoms with Crippen LogP contribution in [0.1, 0.15) is 57.0 Å². The molecule has 19 heavy (non-hydrogen) atoms. The molecule has 1 atom stereocenters. The molecule has 0 aromatic carbocycles. The van der Waals surface area contributed by atoms with Gasteiger partial charge in [0, 0.05) is 18.0 Å². The normalized spacial score (nSPS) is 13.1. The van der Waals surface area contributed by atoms with E-state index in [2.05, 4.69) is 24.0 Å². The summed E-state index contributed by atoms with van der Waals surface area (Å²) in [5.74, 6) is 0. The maximum atomic E-state index is 9.47. The standard InChI is InChI=1S/C14H22N4O/c1-4-14(5-2)18-7-6-13(16-18)10-17-9-12(8-15-17)11(3)19/h6-9,11,14,19H,4-5,10H2,1-3H3. The van der Waals surface area contributed by atoms with Crippen LogP contribution < -0.4 is 0 Å². The quantitative estimate of drug-likeness (QED) is 0.870.